The number of carbonyl (C=O) groups is 1. The van der Waals surface area contributed by atoms with Crippen LogP contribution < -0.4 is 14.8 Å². The summed E-state index contributed by atoms with van der Waals surface area (Å²) in [6.07, 6.45) is 2.66. The van der Waals surface area contributed by atoms with E-state index in [1.54, 1.807) is 0 Å². The molecule has 1 N–H and O–H groups in total. The van der Waals surface area contributed by atoms with Crippen LogP contribution in [0.4, 0.5) is 0 Å². The van der Waals surface area contributed by atoms with Crippen LogP contribution in [0, 0.1) is 6.92 Å². The Bertz CT molecular complexity index is 813. The summed E-state index contributed by atoms with van der Waals surface area (Å²) in [6.45, 7) is 8.26. The van der Waals surface area contributed by atoms with E-state index in [0.29, 0.717) is 6.42 Å². The lowest BCUT2D eigenvalue weighted by Crippen LogP contribution is -2.47. The van der Waals surface area contributed by atoms with Crippen molar-refractivity contribution < 1.29 is 14.3 Å². The number of hydrogen-bond donors (Lipinski definition) is 1. The Morgan fingerprint density at radius 2 is 1.82 bits per heavy atom. The third-order valence-corrected chi connectivity index (χ3v) is 5.83. The van der Waals surface area contributed by atoms with Crippen molar-refractivity contribution in [3.8, 4) is 11.5 Å². The number of aryl methyl sites for hydroxylation is 1. The van der Waals surface area contributed by atoms with Gasteiger partial charge < -0.3 is 14.8 Å². The lowest BCUT2D eigenvalue weighted by molar-refractivity contribution is -0.129. The predicted molar refractivity (Wildman–Crippen MR) is 112 cm³/mol. The zero-order chi connectivity index (χ0) is 20.1. The van der Waals surface area contributed by atoms with Gasteiger partial charge in [0.1, 0.15) is 17.1 Å². The molecule has 0 saturated carbocycles. The van der Waals surface area contributed by atoms with Crippen molar-refractivity contribution in [1.29, 1.82) is 0 Å². The maximum Gasteiger partial charge on any atom is 0.261 e. The number of ether oxygens (including phenoxy) is 2. The van der Waals surface area contributed by atoms with Gasteiger partial charge in [0, 0.05) is 12.0 Å². The molecule has 2 aromatic rings. The van der Waals surface area contributed by atoms with Crippen LogP contribution in [0.15, 0.2) is 48.5 Å². The standard InChI is InChI=1S/C24H31NO3/c1-5-20(27-21-14-10-8-12-17(21)4)23(26)25-19-16-24(6-2,7-3)28-22-15-11-9-13-18(19)22/h8-15,19-20H,5-7,16H2,1-4H3,(H,25,26)/t19-,20-/m1/s1. The molecule has 0 aromatic heterocycles. The molecule has 2 atom stereocenters. The lowest BCUT2D eigenvalue weighted by atomic mass is 9.83. The Labute approximate surface area is 168 Å². The van der Waals surface area contributed by atoms with Gasteiger partial charge in [-0.2, -0.15) is 0 Å². The van der Waals surface area contributed by atoms with Gasteiger partial charge in [0.2, 0.25) is 0 Å². The van der Waals surface area contributed by atoms with Crippen LogP contribution in [0.5, 0.6) is 11.5 Å². The summed E-state index contributed by atoms with van der Waals surface area (Å²) >= 11 is 0. The Hall–Kier alpha value is -2.49. The molecule has 0 saturated heterocycles. The quantitative estimate of drug-likeness (QED) is 0.703. The normalized spacial score (nSPS) is 18.5. The number of carbonyl (C=O) groups excluding carboxylic acids is 1. The highest BCUT2D eigenvalue weighted by Crippen LogP contribution is 2.42. The van der Waals surface area contributed by atoms with Crippen LogP contribution in [0.1, 0.15) is 63.6 Å². The van der Waals surface area contributed by atoms with Gasteiger partial charge in [0.25, 0.3) is 5.91 Å². The number of para-hydroxylation sites is 2. The molecule has 1 amide bonds. The summed E-state index contributed by atoms with van der Waals surface area (Å²) in [4.78, 5) is 13.1. The minimum absolute atomic E-state index is 0.0754. The Morgan fingerprint density at radius 3 is 2.50 bits per heavy atom. The number of nitrogens with one attached hydrogen (secondary N) is 1. The lowest BCUT2D eigenvalue weighted by Gasteiger charge is -2.42. The molecule has 2 aromatic carbocycles. The van der Waals surface area contributed by atoms with Gasteiger partial charge in [-0.3, -0.25) is 4.79 Å². The molecule has 0 aliphatic carbocycles. The highest BCUT2D eigenvalue weighted by molar-refractivity contribution is 5.81. The minimum Gasteiger partial charge on any atom is -0.487 e. The van der Waals surface area contributed by atoms with Crippen LogP contribution >= 0.6 is 0 Å². The molecule has 0 spiro atoms. The molecule has 0 bridgehead atoms. The largest absolute Gasteiger partial charge is 0.487 e. The van der Waals surface area contributed by atoms with E-state index >= 15 is 0 Å². The molecular weight excluding hydrogens is 350 g/mol. The highest BCUT2D eigenvalue weighted by Gasteiger charge is 2.39. The van der Waals surface area contributed by atoms with Crippen LogP contribution in [-0.2, 0) is 4.79 Å². The maximum atomic E-state index is 13.1. The zero-order valence-electron chi connectivity index (χ0n) is 17.3. The van der Waals surface area contributed by atoms with Gasteiger partial charge in [0.15, 0.2) is 6.10 Å². The topological polar surface area (TPSA) is 47.6 Å². The summed E-state index contributed by atoms with van der Waals surface area (Å²) < 4.78 is 12.4. The van der Waals surface area contributed by atoms with E-state index in [0.717, 1.165) is 41.9 Å². The van der Waals surface area contributed by atoms with Gasteiger partial charge in [-0.25, -0.2) is 0 Å². The number of benzene rings is 2. The first-order chi connectivity index (χ1) is 13.5. The summed E-state index contributed by atoms with van der Waals surface area (Å²) in [5.41, 5.74) is 1.82. The SMILES string of the molecule is CC[C@@H](Oc1ccccc1C)C(=O)N[C@@H]1CC(CC)(CC)Oc2ccccc21. The third-order valence-electron chi connectivity index (χ3n) is 5.83. The molecule has 4 nitrogen and oxygen atoms in total. The van der Waals surface area contributed by atoms with Crippen molar-refractivity contribution in [3.63, 3.8) is 0 Å². The molecule has 3 rings (SSSR count). The monoisotopic (exact) mass is 381 g/mol. The van der Waals surface area contributed by atoms with Crippen LogP contribution in [0.3, 0.4) is 0 Å². The molecule has 1 aliphatic heterocycles. The molecule has 1 aliphatic rings. The molecule has 4 heteroatoms. The van der Waals surface area contributed by atoms with E-state index < -0.39 is 6.10 Å². The average molecular weight is 382 g/mol. The Balaban J connectivity index is 1.80. The fourth-order valence-corrected chi connectivity index (χ4v) is 3.86. The molecule has 1 heterocycles. The molecule has 0 unspecified atom stereocenters. The van der Waals surface area contributed by atoms with Crippen molar-refractivity contribution in [2.24, 2.45) is 0 Å². The van der Waals surface area contributed by atoms with Gasteiger partial charge in [-0.1, -0.05) is 57.2 Å². The van der Waals surface area contributed by atoms with Crippen molar-refractivity contribution in [2.75, 3.05) is 0 Å². The van der Waals surface area contributed by atoms with Gasteiger partial charge >= 0.3 is 0 Å². The molecule has 28 heavy (non-hydrogen) atoms. The maximum absolute atomic E-state index is 13.1. The third kappa shape index (κ3) is 4.16. The van der Waals surface area contributed by atoms with E-state index in [9.17, 15) is 4.79 Å². The predicted octanol–water partition coefficient (Wildman–Crippen LogP) is 5.35. The molecule has 0 fully saturated rings. The number of amides is 1. The number of fused-ring (bicyclic) bond motifs is 1. The van der Waals surface area contributed by atoms with E-state index in [2.05, 4.69) is 19.2 Å². The van der Waals surface area contributed by atoms with Gasteiger partial charge in [-0.15, -0.1) is 0 Å². The Morgan fingerprint density at radius 1 is 1.14 bits per heavy atom. The fraction of sp³-hybridized carbons (Fsp3) is 0.458. The zero-order valence-corrected chi connectivity index (χ0v) is 17.3. The van der Waals surface area contributed by atoms with E-state index in [-0.39, 0.29) is 17.6 Å². The molecular formula is C24H31NO3. The Kier molecular flexibility index (Phi) is 6.28. The van der Waals surface area contributed by atoms with Crippen LogP contribution in [-0.4, -0.2) is 17.6 Å². The second-order valence-electron chi connectivity index (χ2n) is 7.58. The summed E-state index contributed by atoms with van der Waals surface area (Å²) in [6, 6.07) is 15.7. The van der Waals surface area contributed by atoms with E-state index in [4.69, 9.17) is 9.47 Å². The first kappa shape index (κ1) is 20.2. The second-order valence-corrected chi connectivity index (χ2v) is 7.58. The average Bonchev–Trinajstić information content (AvgIpc) is 2.72. The summed E-state index contributed by atoms with van der Waals surface area (Å²) in [5.74, 6) is 1.55. The second kappa shape index (κ2) is 8.68. The highest BCUT2D eigenvalue weighted by atomic mass is 16.5. The number of hydrogen-bond acceptors (Lipinski definition) is 3. The first-order valence-electron chi connectivity index (χ1n) is 10.3. The fourth-order valence-electron chi connectivity index (χ4n) is 3.86. The van der Waals surface area contributed by atoms with Crippen LogP contribution in [0.2, 0.25) is 0 Å². The minimum atomic E-state index is -0.520. The van der Waals surface area contributed by atoms with Gasteiger partial charge in [-0.05, 0) is 43.9 Å². The van der Waals surface area contributed by atoms with Crippen LogP contribution in [0.25, 0.3) is 0 Å². The molecule has 0 radical (unpaired) electrons. The van der Waals surface area contributed by atoms with Gasteiger partial charge in [0.05, 0.1) is 6.04 Å². The van der Waals surface area contributed by atoms with Crippen molar-refractivity contribution >= 4 is 5.91 Å². The van der Waals surface area contributed by atoms with E-state index in [1.807, 2.05) is 62.4 Å². The van der Waals surface area contributed by atoms with Crippen molar-refractivity contribution in [2.45, 2.75) is 71.1 Å². The number of rotatable bonds is 7. The molecule has 150 valence electrons. The van der Waals surface area contributed by atoms with Crippen molar-refractivity contribution in [1.82, 2.24) is 5.32 Å². The first-order valence-corrected chi connectivity index (χ1v) is 10.3. The van der Waals surface area contributed by atoms with Crippen molar-refractivity contribution in [3.05, 3.63) is 59.7 Å². The van der Waals surface area contributed by atoms with E-state index in [1.165, 1.54) is 0 Å². The summed E-state index contributed by atoms with van der Waals surface area (Å²) in [5, 5.41) is 3.25. The summed E-state index contributed by atoms with van der Waals surface area (Å²) in [7, 11) is 0. The smallest absolute Gasteiger partial charge is 0.261 e.